The second-order valence-corrected chi connectivity index (χ2v) is 8.22. The van der Waals surface area contributed by atoms with E-state index in [1.165, 1.54) is 0 Å². The van der Waals surface area contributed by atoms with Crippen molar-refractivity contribution >= 4 is 31.0 Å². The van der Waals surface area contributed by atoms with Crippen LogP contribution in [0.5, 0.6) is 11.5 Å². The predicted molar refractivity (Wildman–Crippen MR) is 84.6 cm³/mol. The molecule has 0 saturated heterocycles. The fourth-order valence-electron chi connectivity index (χ4n) is 2.08. The largest absolute Gasteiger partial charge is 0.534 e. The van der Waals surface area contributed by atoms with Gasteiger partial charge in [-0.05, 0) is 0 Å². The molecule has 0 atom stereocenters. The van der Waals surface area contributed by atoms with E-state index in [4.69, 9.17) is 0 Å². The Labute approximate surface area is 163 Å². The average molecular weight is 474 g/mol. The molecule has 0 N–H and O–H groups in total. The maximum Gasteiger partial charge on any atom is 0.534 e. The van der Waals surface area contributed by atoms with Crippen molar-refractivity contribution in [2.45, 2.75) is 11.0 Å². The molecular weight excluding hydrogens is 470 g/mol. The monoisotopic (exact) mass is 474 g/mol. The van der Waals surface area contributed by atoms with Crippen molar-refractivity contribution in [3.05, 3.63) is 35.4 Å². The van der Waals surface area contributed by atoms with Crippen molar-refractivity contribution in [1.29, 1.82) is 10.5 Å². The third-order valence-electron chi connectivity index (χ3n) is 3.30. The molecule has 160 valence electrons. The molecule has 0 aromatic heterocycles. The highest BCUT2D eigenvalue weighted by atomic mass is 32.2. The summed E-state index contributed by atoms with van der Waals surface area (Å²) < 4.78 is 129. The van der Waals surface area contributed by atoms with Crippen LogP contribution >= 0.6 is 0 Å². The van der Waals surface area contributed by atoms with E-state index in [0.717, 1.165) is 36.4 Å². The fourth-order valence-corrected chi connectivity index (χ4v) is 3.05. The molecule has 0 saturated carbocycles. The molecule has 8 nitrogen and oxygen atoms in total. The molecule has 2 aromatic carbocycles. The highest BCUT2D eigenvalue weighted by molar-refractivity contribution is 7.88. The van der Waals surface area contributed by atoms with Crippen LogP contribution in [0.2, 0.25) is 0 Å². The van der Waals surface area contributed by atoms with E-state index >= 15 is 0 Å². The van der Waals surface area contributed by atoms with Crippen LogP contribution in [0.3, 0.4) is 0 Å². The Morgan fingerprint density at radius 1 is 0.700 bits per heavy atom. The van der Waals surface area contributed by atoms with Crippen LogP contribution < -0.4 is 8.37 Å². The Hall–Kier alpha value is -3.24. The summed E-state index contributed by atoms with van der Waals surface area (Å²) in [7, 11) is -12.7. The van der Waals surface area contributed by atoms with E-state index in [9.17, 15) is 53.7 Å². The number of halogens is 6. The van der Waals surface area contributed by atoms with E-state index in [0.29, 0.717) is 0 Å². The van der Waals surface area contributed by atoms with E-state index in [1.807, 2.05) is 0 Å². The standard InChI is InChI=1S/C14H4F6N2O6S2/c15-13(16,17)29(23,24)27-11-7-3-1-2-4-8(7)12(10(6-22)9(11)5-21)28-30(25,26)14(18,19)20/h1-4H. The van der Waals surface area contributed by atoms with Crippen molar-refractivity contribution in [3.63, 3.8) is 0 Å². The van der Waals surface area contributed by atoms with E-state index < -0.39 is 64.7 Å². The Balaban J connectivity index is 2.97. The van der Waals surface area contributed by atoms with Crippen molar-refractivity contribution in [3.8, 4) is 23.6 Å². The van der Waals surface area contributed by atoms with Crippen LogP contribution in [0.15, 0.2) is 24.3 Å². The van der Waals surface area contributed by atoms with Crippen LogP contribution in [0, 0.1) is 22.7 Å². The van der Waals surface area contributed by atoms with Crippen LogP contribution in [0.1, 0.15) is 11.1 Å². The molecule has 2 rings (SSSR count). The maximum atomic E-state index is 12.7. The summed E-state index contributed by atoms with van der Waals surface area (Å²) in [4.78, 5) is 0. The first-order valence-electron chi connectivity index (χ1n) is 6.97. The zero-order valence-corrected chi connectivity index (χ0v) is 15.4. The number of nitrogens with zero attached hydrogens (tertiary/aromatic N) is 2. The number of alkyl halides is 6. The van der Waals surface area contributed by atoms with Gasteiger partial charge < -0.3 is 8.37 Å². The van der Waals surface area contributed by atoms with Gasteiger partial charge in [0.25, 0.3) is 0 Å². The third-order valence-corrected chi connectivity index (χ3v) is 5.20. The van der Waals surface area contributed by atoms with Gasteiger partial charge in [-0.25, -0.2) is 0 Å². The van der Waals surface area contributed by atoms with Gasteiger partial charge in [0.2, 0.25) is 0 Å². The number of rotatable bonds is 4. The quantitative estimate of drug-likeness (QED) is 0.375. The molecular formula is C14H4F6N2O6S2. The van der Waals surface area contributed by atoms with Gasteiger partial charge in [-0.15, -0.1) is 0 Å². The number of hydrogen-bond acceptors (Lipinski definition) is 8. The van der Waals surface area contributed by atoms with Crippen LogP contribution in [-0.2, 0) is 20.2 Å². The molecule has 0 heterocycles. The molecule has 0 aliphatic rings. The van der Waals surface area contributed by atoms with Crippen LogP contribution in [-0.4, -0.2) is 27.9 Å². The van der Waals surface area contributed by atoms with Gasteiger partial charge in [0.1, 0.15) is 23.3 Å². The van der Waals surface area contributed by atoms with Crippen molar-refractivity contribution in [2.75, 3.05) is 0 Å². The number of benzene rings is 2. The van der Waals surface area contributed by atoms with Gasteiger partial charge in [0.05, 0.1) is 0 Å². The zero-order chi connectivity index (χ0) is 23.1. The van der Waals surface area contributed by atoms with Crippen LogP contribution in [0.4, 0.5) is 26.3 Å². The first-order valence-corrected chi connectivity index (χ1v) is 9.79. The topological polar surface area (TPSA) is 134 Å². The van der Waals surface area contributed by atoms with Gasteiger partial charge in [0, 0.05) is 10.8 Å². The number of nitriles is 2. The Bertz CT molecular complexity index is 1220. The summed E-state index contributed by atoms with van der Waals surface area (Å²) in [6.45, 7) is 0. The van der Waals surface area contributed by atoms with Gasteiger partial charge in [-0.3, -0.25) is 0 Å². The highest BCUT2D eigenvalue weighted by Crippen LogP contribution is 2.43. The second-order valence-electron chi connectivity index (χ2n) is 5.14. The van der Waals surface area contributed by atoms with E-state index in [-0.39, 0.29) is 0 Å². The molecule has 0 spiro atoms. The first-order chi connectivity index (χ1) is 13.6. The van der Waals surface area contributed by atoms with Crippen LogP contribution in [0.25, 0.3) is 10.8 Å². The summed E-state index contributed by atoms with van der Waals surface area (Å²) >= 11 is 0. The molecule has 0 unspecified atom stereocenters. The van der Waals surface area contributed by atoms with E-state index in [1.54, 1.807) is 0 Å². The Morgan fingerprint density at radius 3 is 1.23 bits per heavy atom. The van der Waals surface area contributed by atoms with Crippen molar-refractivity contribution in [2.24, 2.45) is 0 Å². The molecule has 0 amide bonds. The lowest BCUT2D eigenvalue weighted by molar-refractivity contribution is -0.0505. The van der Waals surface area contributed by atoms with Gasteiger partial charge in [-0.1, -0.05) is 24.3 Å². The molecule has 0 fully saturated rings. The first kappa shape index (κ1) is 23.0. The number of fused-ring (bicyclic) bond motifs is 1. The normalized spacial score (nSPS) is 12.8. The summed E-state index contributed by atoms with van der Waals surface area (Å²) in [5.41, 5.74) is -14.5. The van der Waals surface area contributed by atoms with Crippen molar-refractivity contribution in [1.82, 2.24) is 0 Å². The zero-order valence-electron chi connectivity index (χ0n) is 13.7. The molecule has 0 aliphatic carbocycles. The molecule has 0 radical (unpaired) electrons. The molecule has 30 heavy (non-hydrogen) atoms. The second kappa shape index (κ2) is 7.22. The SMILES string of the molecule is N#Cc1c(C#N)c(OS(=O)(=O)C(F)(F)F)c2ccccc2c1OS(=O)(=O)C(F)(F)F. The number of hydrogen-bond donors (Lipinski definition) is 0. The minimum absolute atomic E-state index is 0.742. The molecule has 0 bridgehead atoms. The van der Waals surface area contributed by atoms with E-state index in [2.05, 4.69) is 8.37 Å². The molecule has 2 aromatic rings. The summed E-state index contributed by atoms with van der Waals surface area (Å²) in [5, 5.41) is 16.9. The summed E-state index contributed by atoms with van der Waals surface area (Å²) in [5.74, 6) is -2.70. The maximum absolute atomic E-state index is 12.7. The fraction of sp³-hybridized carbons (Fsp3) is 0.143. The summed E-state index contributed by atoms with van der Waals surface area (Å²) in [6.07, 6.45) is 0. The minimum atomic E-state index is -6.37. The Morgan fingerprint density at radius 2 is 1.00 bits per heavy atom. The lowest BCUT2D eigenvalue weighted by atomic mass is 9.99. The van der Waals surface area contributed by atoms with Crippen molar-refractivity contribution < 1.29 is 51.5 Å². The third kappa shape index (κ3) is 3.91. The lowest BCUT2D eigenvalue weighted by Crippen LogP contribution is -2.29. The molecule has 0 aliphatic heterocycles. The average Bonchev–Trinajstić information content (AvgIpc) is 2.60. The smallest absolute Gasteiger partial charge is 0.374 e. The van der Waals surface area contributed by atoms with Gasteiger partial charge in [-0.2, -0.15) is 53.7 Å². The summed E-state index contributed by atoms with van der Waals surface area (Å²) in [6, 6.07) is 5.96. The lowest BCUT2D eigenvalue weighted by Gasteiger charge is -2.17. The van der Waals surface area contributed by atoms with Gasteiger partial charge in [0.15, 0.2) is 11.5 Å². The predicted octanol–water partition coefficient (Wildman–Crippen LogP) is 3.04. The van der Waals surface area contributed by atoms with Gasteiger partial charge >= 0.3 is 31.3 Å². The Kier molecular flexibility index (Phi) is 5.55. The highest BCUT2D eigenvalue weighted by Gasteiger charge is 2.51. The molecule has 16 heteroatoms. The minimum Gasteiger partial charge on any atom is -0.374 e.